The van der Waals surface area contributed by atoms with Crippen LogP contribution in [-0.2, 0) is 9.59 Å². The van der Waals surface area contributed by atoms with Crippen LogP contribution in [0.2, 0.25) is 0 Å². The Balaban J connectivity index is 1.54. The van der Waals surface area contributed by atoms with E-state index in [4.69, 9.17) is 4.52 Å². The van der Waals surface area contributed by atoms with Gasteiger partial charge in [0.1, 0.15) is 6.54 Å². The summed E-state index contributed by atoms with van der Waals surface area (Å²) in [4.78, 5) is 34.7. The molecule has 1 aromatic carbocycles. The standard InChI is InChI=1S/C19H23N5O3/c1-22(2)16(25)12-24-15-9-8-14(18(24)26)10-23(11-15)19-20-17(21-27-19)13-6-4-3-5-7-13/h3-7,14-15H,8-12H2,1-2H3/t14-,15+/m0/s1. The van der Waals surface area contributed by atoms with Gasteiger partial charge in [0.05, 0.1) is 5.92 Å². The predicted octanol–water partition coefficient (Wildman–Crippen LogP) is 1.25. The molecular weight excluding hydrogens is 346 g/mol. The first-order valence-electron chi connectivity index (χ1n) is 9.17. The second-order valence-electron chi connectivity index (χ2n) is 7.35. The lowest BCUT2D eigenvalue weighted by atomic mass is 9.94. The summed E-state index contributed by atoms with van der Waals surface area (Å²) in [5.41, 5.74) is 0.888. The molecule has 0 spiro atoms. The van der Waals surface area contributed by atoms with Crippen LogP contribution in [0.3, 0.4) is 0 Å². The van der Waals surface area contributed by atoms with Gasteiger partial charge in [0.25, 0.3) is 0 Å². The molecule has 0 aliphatic carbocycles. The largest absolute Gasteiger partial charge is 0.347 e. The minimum atomic E-state index is -0.147. The molecular formula is C19H23N5O3. The molecule has 0 radical (unpaired) electrons. The van der Waals surface area contributed by atoms with Crippen molar-refractivity contribution in [2.75, 3.05) is 38.6 Å². The smallest absolute Gasteiger partial charge is 0.324 e. The van der Waals surface area contributed by atoms with Crippen LogP contribution in [-0.4, -0.2) is 71.5 Å². The van der Waals surface area contributed by atoms with Gasteiger partial charge in [0.15, 0.2) is 0 Å². The van der Waals surface area contributed by atoms with Crippen LogP contribution >= 0.6 is 0 Å². The fourth-order valence-electron chi connectivity index (χ4n) is 3.74. The van der Waals surface area contributed by atoms with E-state index in [1.54, 1.807) is 19.0 Å². The van der Waals surface area contributed by atoms with Gasteiger partial charge >= 0.3 is 6.01 Å². The molecule has 4 heterocycles. The molecule has 2 aromatic rings. The van der Waals surface area contributed by atoms with E-state index in [0.29, 0.717) is 24.9 Å². The number of benzene rings is 1. The van der Waals surface area contributed by atoms with Gasteiger partial charge < -0.3 is 19.2 Å². The van der Waals surface area contributed by atoms with Crippen molar-refractivity contribution in [2.24, 2.45) is 5.92 Å². The van der Waals surface area contributed by atoms with E-state index in [1.807, 2.05) is 35.2 Å². The highest BCUT2D eigenvalue weighted by atomic mass is 16.5. The van der Waals surface area contributed by atoms with Gasteiger partial charge in [-0.05, 0) is 12.8 Å². The Kier molecular flexibility index (Phi) is 4.55. The van der Waals surface area contributed by atoms with Crippen LogP contribution in [0.5, 0.6) is 0 Å². The minimum absolute atomic E-state index is 0.0211. The fraction of sp³-hybridized carbons (Fsp3) is 0.474. The second-order valence-corrected chi connectivity index (χ2v) is 7.35. The molecule has 0 N–H and O–H groups in total. The lowest BCUT2D eigenvalue weighted by Gasteiger charge is -2.35. The van der Waals surface area contributed by atoms with Crippen LogP contribution in [0.15, 0.2) is 34.9 Å². The van der Waals surface area contributed by atoms with Gasteiger partial charge in [-0.1, -0.05) is 35.5 Å². The van der Waals surface area contributed by atoms with Gasteiger partial charge in [-0.2, -0.15) is 4.98 Å². The Hall–Kier alpha value is -2.90. The van der Waals surface area contributed by atoms with Crippen LogP contribution in [0, 0.1) is 5.92 Å². The maximum absolute atomic E-state index is 12.8. The van der Waals surface area contributed by atoms with Crippen LogP contribution in [0.1, 0.15) is 12.8 Å². The van der Waals surface area contributed by atoms with Crippen molar-refractivity contribution in [3.05, 3.63) is 30.3 Å². The van der Waals surface area contributed by atoms with Crippen LogP contribution in [0.4, 0.5) is 6.01 Å². The highest BCUT2D eigenvalue weighted by Gasteiger charge is 2.42. The fourth-order valence-corrected chi connectivity index (χ4v) is 3.74. The summed E-state index contributed by atoms with van der Waals surface area (Å²) in [6.45, 7) is 1.26. The summed E-state index contributed by atoms with van der Waals surface area (Å²) in [6.07, 6.45) is 1.71. The number of piperidine rings is 1. The molecule has 2 bridgehead atoms. The molecule has 1 aromatic heterocycles. The predicted molar refractivity (Wildman–Crippen MR) is 98.9 cm³/mol. The third-order valence-corrected chi connectivity index (χ3v) is 5.32. The molecule has 3 aliphatic heterocycles. The van der Waals surface area contributed by atoms with E-state index in [0.717, 1.165) is 18.4 Å². The summed E-state index contributed by atoms with van der Waals surface area (Å²) in [6, 6.07) is 10.1. The van der Waals surface area contributed by atoms with Crippen molar-refractivity contribution >= 4 is 17.8 Å². The number of aromatic nitrogens is 2. The third kappa shape index (κ3) is 3.39. The zero-order chi connectivity index (χ0) is 19.0. The molecule has 2 atom stereocenters. The zero-order valence-electron chi connectivity index (χ0n) is 15.5. The molecule has 3 aliphatic rings. The number of nitrogens with zero attached hydrogens (tertiary/aromatic N) is 5. The maximum Gasteiger partial charge on any atom is 0.324 e. The number of likely N-dealkylation sites (N-methyl/N-ethyl adjacent to an activating group) is 1. The number of anilines is 1. The average Bonchev–Trinajstić information content (AvgIpc) is 3.01. The van der Waals surface area contributed by atoms with E-state index in [2.05, 4.69) is 10.1 Å². The SMILES string of the molecule is CN(C)C(=O)CN1C(=O)[C@H]2CC[C@@H]1CN(c1nc(-c3ccccc3)no1)C2. The molecule has 8 nitrogen and oxygen atoms in total. The highest BCUT2D eigenvalue weighted by Crippen LogP contribution is 2.31. The van der Waals surface area contributed by atoms with E-state index in [9.17, 15) is 9.59 Å². The van der Waals surface area contributed by atoms with Crippen molar-refractivity contribution < 1.29 is 14.1 Å². The first-order valence-corrected chi connectivity index (χ1v) is 9.17. The molecule has 0 saturated carbocycles. The molecule has 3 saturated heterocycles. The number of hydrogen-bond acceptors (Lipinski definition) is 6. The molecule has 0 unspecified atom stereocenters. The quantitative estimate of drug-likeness (QED) is 0.807. The van der Waals surface area contributed by atoms with E-state index in [1.165, 1.54) is 4.90 Å². The summed E-state index contributed by atoms with van der Waals surface area (Å²) in [7, 11) is 3.41. The lowest BCUT2D eigenvalue weighted by Crippen LogP contribution is -2.51. The van der Waals surface area contributed by atoms with Crippen molar-refractivity contribution in [3.63, 3.8) is 0 Å². The highest BCUT2D eigenvalue weighted by molar-refractivity contribution is 5.87. The Morgan fingerprint density at radius 1 is 1.22 bits per heavy atom. The zero-order valence-corrected chi connectivity index (χ0v) is 15.5. The topological polar surface area (TPSA) is 82.8 Å². The summed E-state index contributed by atoms with van der Waals surface area (Å²) < 4.78 is 5.49. The van der Waals surface area contributed by atoms with Crippen molar-refractivity contribution in [1.29, 1.82) is 0 Å². The number of hydrogen-bond donors (Lipinski definition) is 0. The van der Waals surface area contributed by atoms with Crippen molar-refractivity contribution in [3.8, 4) is 11.4 Å². The summed E-state index contributed by atoms with van der Waals surface area (Å²) in [5, 5.41) is 4.09. The summed E-state index contributed by atoms with van der Waals surface area (Å²) >= 11 is 0. The van der Waals surface area contributed by atoms with E-state index >= 15 is 0 Å². The van der Waals surface area contributed by atoms with E-state index in [-0.39, 0.29) is 30.3 Å². The molecule has 8 heteroatoms. The Morgan fingerprint density at radius 3 is 2.74 bits per heavy atom. The van der Waals surface area contributed by atoms with Crippen molar-refractivity contribution in [1.82, 2.24) is 19.9 Å². The number of carbonyl (C=O) groups is 2. The van der Waals surface area contributed by atoms with Gasteiger partial charge in [0.2, 0.25) is 17.6 Å². The monoisotopic (exact) mass is 369 g/mol. The normalized spacial score (nSPS) is 22.1. The Labute approximate surface area is 157 Å². The molecule has 142 valence electrons. The van der Waals surface area contributed by atoms with Crippen LogP contribution in [0.25, 0.3) is 11.4 Å². The lowest BCUT2D eigenvalue weighted by molar-refractivity contribution is -0.145. The molecule has 27 heavy (non-hydrogen) atoms. The third-order valence-electron chi connectivity index (χ3n) is 5.32. The molecule has 2 amide bonds. The van der Waals surface area contributed by atoms with Gasteiger partial charge in [-0.3, -0.25) is 9.59 Å². The Morgan fingerprint density at radius 2 is 2.00 bits per heavy atom. The van der Waals surface area contributed by atoms with E-state index < -0.39 is 0 Å². The molecule has 3 fully saturated rings. The van der Waals surface area contributed by atoms with Gasteiger partial charge in [-0.25, -0.2) is 0 Å². The number of carbonyl (C=O) groups excluding carboxylic acids is 2. The maximum atomic E-state index is 12.8. The first-order chi connectivity index (χ1) is 13.0. The number of fused-ring (bicyclic) bond motifs is 4. The average molecular weight is 369 g/mol. The first kappa shape index (κ1) is 17.5. The number of rotatable bonds is 4. The number of amides is 2. The molecule has 5 rings (SSSR count). The van der Waals surface area contributed by atoms with Gasteiger partial charge in [0, 0.05) is 38.8 Å². The van der Waals surface area contributed by atoms with Crippen molar-refractivity contribution in [2.45, 2.75) is 18.9 Å². The Bertz CT molecular complexity index is 835. The minimum Gasteiger partial charge on any atom is -0.347 e. The summed E-state index contributed by atoms with van der Waals surface area (Å²) in [5.74, 6) is 0.373. The van der Waals surface area contributed by atoms with Crippen LogP contribution < -0.4 is 4.90 Å². The second kappa shape index (κ2) is 7.02. The van der Waals surface area contributed by atoms with Gasteiger partial charge in [-0.15, -0.1) is 0 Å².